The smallest absolute Gasteiger partial charge is 0.101 e. The molecule has 0 atom stereocenters. The van der Waals surface area contributed by atoms with E-state index >= 15 is 0 Å². The van der Waals surface area contributed by atoms with Crippen LogP contribution in [-0.4, -0.2) is 29.5 Å². The van der Waals surface area contributed by atoms with Crippen LogP contribution in [0.2, 0.25) is 5.02 Å². The van der Waals surface area contributed by atoms with Crippen molar-refractivity contribution < 1.29 is 10.2 Å². The highest BCUT2D eigenvalue weighted by Gasteiger charge is 2.08. The molecule has 0 saturated heterocycles. The van der Waals surface area contributed by atoms with Gasteiger partial charge in [-0.15, -0.1) is 0 Å². The largest absolute Gasteiger partial charge is 0.394 e. The van der Waals surface area contributed by atoms with E-state index in [0.29, 0.717) is 16.3 Å². The third-order valence-corrected chi connectivity index (χ3v) is 2.14. The van der Waals surface area contributed by atoms with E-state index in [2.05, 4.69) is 5.32 Å². The van der Waals surface area contributed by atoms with Crippen molar-refractivity contribution in [3.05, 3.63) is 28.8 Å². The Bertz CT molecular complexity index is 372. The quantitative estimate of drug-likeness (QED) is 0.715. The van der Waals surface area contributed by atoms with Crippen molar-refractivity contribution in [2.75, 3.05) is 18.5 Å². The minimum atomic E-state index is -0.474. The molecule has 80 valence electrons. The lowest BCUT2D eigenvalue weighted by Crippen LogP contribution is -2.27. The average Bonchev–Trinajstić information content (AvgIpc) is 2.27. The molecule has 0 amide bonds. The highest BCUT2D eigenvalue weighted by atomic mass is 35.5. The van der Waals surface area contributed by atoms with Crippen molar-refractivity contribution in [3.8, 4) is 6.07 Å². The fraction of sp³-hybridized carbons (Fsp3) is 0.300. The maximum atomic E-state index is 8.87. The molecule has 0 spiro atoms. The number of anilines is 1. The summed E-state index contributed by atoms with van der Waals surface area (Å²) in [6.07, 6.45) is 0. The molecule has 1 rings (SSSR count). The van der Waals surface area contributed by atoms with Gasteiger partial charge < -0.3 is 15.5 Å². The summed E-state index contributed by atoms with van der Waals surface area (Å²) in [5.41, 5.74) is 0.935. The molecule has 0 aromatic heterocycles. The van der Waals surface area contributed by atoms with E-state index in [4.69, 9.17) is 27.1 Å². The topological polar surface area (TPSA) is 76.3 Å². The predicted molar refractivity (Wildman–Crippen MR) is 57.7 cm³/mol. The average molecular weight is 227 g/mol. The zero-order chi connectivity index (χ0) is 11.3. The monoisotopic (exact) mass is 226 g/mol. The molecule has 1 aromatic rings. The molecule has 1 aromatic carbocycles. The van der Waals surface area contributed by atoms with E-state index in [0.717, 1.165) is 0 Å². The van der Waals surface area contributed by atoms with E-state index in [9.17, 15) is 0 Å². The molecule has 0 fully saturated rings. The Labute approximate surface area is 92.7 Å². The van der Waals surface area contributed by atoms with Gasteiger partial charge in [0, 0.05) is 5.02 Å². The summed E-state index contributed by atoms with van der Waals surface area (Å²) >= 11 is 5.72. The predicted octanol–water partition coefficient (Wildman–Crippen LogP) is 0.977. The van der Waals surface area contributed by atoms with Crippen molar-refractivity contribution in [2.45, 2.75) is 6.04 Å². The molecular formula is C10H11ClN2O2. The van der Waals surface area contributed by atoms with Crippen LogP contribution in [0, 0.1) is 11.3 Å². The van der Waals surface area contributed by atoms with Gasteiger partial charge in [0.2, 0.25) is 0 Å². The Morgan fingerprint density at radius 2 is 2.07 bits per heavy atom. The second-order valence-corrected chi connectivity index (χ2v) is 3.44. The van der Waals surface area contributed by atoms with Gasteiger partial charge >= 0.3 is 0 Å². The zero-order valence-electron chi connectivity index (χ0n) is 7.94. The van der Waals surface area contributed by atoms with Crippen LogP contribution in [0.4, 0.5) is 5.69 Å². The molecule has 0 radical (unpaired) electrons. The first-order valence-corrected chi connectivity index (χ1v) is 4.77. The normalized spacial score (nSPS) is 10.1. The molecule has 15 heavy (non-hydrogen) atoms. The highest BCUT2D eigenvalue weighted by molar-refractivity contribution is 6.30. The molecule has 5 heteroatoms. The van der Waals surface area contributed by atoms with Crippen molar-refractivity contribution in [3.63, 3.8) is 0 Å². The number of halogens is 1. The lowest BCUT2D eigenvalue weighted by molar-refractivity contribution is 0.204. The summed E-state index contributed by atoms with van der Waals surface area (Å²) < 4.78 is 0. The van der Waals surface area contributed by atoms with Crippen LogP contribution in [-0.2, 0) is 0 Å². The Kier molecular flexibility index (Phi) is 4.37. The van der Waals surface area contributed by atoms with Crippen LogP contribution < -0.4 is 5.32 Å². The maximum absolute atomic E-state index is 8.87. The maximum Gasteiger partial charge on any atom is 0.101 e. The van der Waals surface area contributed by atoms with Gasteiger partial charge in [-0.05, 0) is 18.2 Å². The van der Waals surface area contributed by atoms with Gasteiger partial charge in [-0.25, -0.2) is 0 Å². The second kappa shape index (κ2) is 5.56. The third kappa shape index (κ3) is 3.10. The van der Waals surface area contributed by atoms with Crippen LogP contribution >= 0.6 is 11.6 Å². The molecule has 0 unspecified atom stereocenters. The molecule has 3 N–H and O–H groups in total. The van der Waals surface area contributed by atoms with Crippen molar-refractivity contribution >= 4 is 17.3 Å². The SMILES string of the molecule is N#Cc1cc(Cl)ccc1NC(CO)CO. The Balaban J connectivity index is 2.90. The standard InChI is InChI=1S/C10H11ClN2O2/c11-8-1-2-10(7(3-8)4-12)13-9(5-14)6-15/h1-3,9,13-15H,5-6H2. The lowest BCUT2D eigenvalue weighted by Gasteiger charge is -2.15. The molecular weight excluding hydrogens is 216 g/mol. The molecule has 0 aliphatic heterocycles. The summed E-state index contributed by atoms with van der Waals surface area (Å²) in [6.45, 7) is -0.409. The zero-order valence-corrected chi connectivity index (χ0v) is 8.70. The number of nitriles is 1. The van der Waals surface area contributed by atoms with Crippen LogP contribution in [0.15, 0.2) is 18.2 Å². The molecule has 0 aliphatic carbocycles. The number of nitrogens with one attached hydrogen (secondary N) is 1. The minimum absolute atomic E-state index is 0.204. The van der Waals surface area contributed by atoms with Gasteiger partial charge in [-0.1, -0.05) is 11.6 Å². The Hall–Kier alpha value is -1.28. The van der Waals surface area contributed by atoms with Crippen molar-refractivity contribution in [1.82, 2.24) is 0 Å². The number of benzene rings is 1. The van der Waals surface area contributed by atoms with E-state index in [1.165, 1.54) is 6.07 Å². The van der Waals surface area contributed by atoms with Gasteiger partial charge in [-0.2, -0.15) is 5.26 Å². The van der Waals surface area contributed by atoms with Crippen LogP contribution in [0.25, 0.3) is 0 Å². The number of nitrogens with zero attached hydrogens (tertiary/aromatic N) is 1. The van der Waals surface area contributed by atoms with Gasteiger partial charge in [0.25, 0.3) is 0 Å². The number of hydrogen-bond donors (Lipinski definition) is 3. The van der Waals surface area contributed by atoms with E-state index in [1.54, 1.807) is 12.1 Å². The van der Waals surface area contributed by atoms with Gasteiger partial charge in [-0.3, -0.25) is 0 Å². The molecule has 0 aliphatic rings. The third-order valence-electron chi connectivity index (χ3n) is 1.90. The lowest BCUT2D eigenvalue weighted by atomic mass is 10.2. The molecule has 0 saturated carbocycles. The summed E-state index contributed by atoms with van der Waals surface area (Å²) in [5, 5.41) is 29.9. The Morgan fingerprint density at radius 1 is 1.40 bits per heavy atom. The van der Waals surface area contributed by atoms with Crippen molar-refractivity contribution in [2.24, 2.45) is 0 Å². The first-order valence-electron chi connectivity index (χ1n) is 4.39. The Morgan fingerprint density at radius 3 is 2.60 bits per heavy atom. The number of rotatable bonds is 4. The van der Waals surface area contributed by atoms with Crippen molar-refractivity contribution in [1.29, 1.82) is 5.26 Å². The summed E-state index contributed by atoms with van der Waals surface area (Å²) in [4.78, 5) is 0. The van der Waals surface area contributed by atoms with E-state index in [-0.39, 0.29) is 13.2 Å². The summed E-state index contributed by atoms with van der Waals surface area (Å²) in [5.74, 6) is 0. The second-order valence-electron chi connectivity index (χ2n) is 3.01. The molecule has 0 heterocycles. The van der Waals surface area contributed by atoms with E-state index < -0.39 is 6.04 Å². The first kappa shape index (κ1) is 11.8. The number of hydrogen-bond acceptors (Lipinski definition) is 4. The number of aliphatic hydroxyl groups excluding tert-OH is 2. The molecule has 4 nitrogen and oxygen atoms in total. The van der Waals surface area contributed by atoms with Gasteiger partial charge in [0.15, 0.2) is 0 Å². The molecule has 0 bridgehead atoms. The van der Waals surface area contributed by atoms with Crippen LogP contribution in [0.3, 0.4) is 0 Å². The first-order chi connectivity index (χ1) is 7.21. The summed E-state index contributed by atoms with van der Waals surface area (Å²) in [7, 11) is 0. The van der Waals surface area contributed by atoms with Crippen LogP contribution in [0.1, 0.15) is 5.56 Å². The number of aliphatic hydroxyl groups is 2. The van der Waals surface area contributed by atoms with E-state index in [1.807, 2.05) is 6.07 Å². The minimum Gasteiger partial charge on any atom is -0.394 e. The summed E-state index contributed by atoms with van der Waals surface area (Å²) in [6, 6.07) is 6.30. The van der Waals surface area contributed by atoms with Crippen LogP contribution in [0.5, 0.6) is 0 Å². The van der Waals surface area contributed by atoms with Gasteiger partial charge in [0.05, 0.1) is 30.5 Å². The van der Waals surface area contributed by atoms with Gasteiger partial charge in [0.1, 0.15) is 6.07 Å². The highest BCUT2D eigenvalue weighted by Crippen LogP contribution is 2.20. The fourth-order valence-corrected chi connectivity index (χ4v) is 1.28. The fourth-order valence-electron chi connectivity index (χ4n) is 1.10.